The molecule has 0 radical (unpaired) electrons. The number of carbonyl (C=O) groups excluding carboxylic acids is 3. The molecule has 11 atom stereocenters. The first-order chi connectivity index (χ1) is 26.9. The number of aliphatic hydroxyl groups excluding tert-OH is 4. The standard InChI is InChI=1S/C22H24N2O9.C20H24N2O2.2H2O/c1-21(32)7-5-4-6-8(25)9(7)15(26)10-12(21)17(28)13-14(24(2)3)16(27)11(20(23)31)19(30)22(13,33)18(10)29;1-3-13-12-22-9-7-14(13)10-19(22)20(23)16-6-8-21-18-5-4-15(24-2)11-17(16)18;;/h4-6,12-14,17,25,27-29,32-33H,1-3H3,(H2,23,31);3-6,8,11,13-14,19-20,23H,1,7,9-10,12H2,2H3;2*1H2/t12-,13-,14+,17+,21-,22+;13-,14-,19-,20+;;/m10../s1. The summed E-state index contributed by atoms with van der Waals surface area (Å²) in [7, 11) is 4.52. The van der Waals surface area contributed by atoms with Gasteiger partial charge >= 0.3 is 0 Å². The molecule has 13 N–H and O–H groups in total. The highest BCUT2D eigenvalue weighted by Crippen LogP contribution is 2.56. The van der Waals surface area contributed by atoms with Crippen molar-refractivity contribution >= 4 is 28.4 Å². The lowest BCUT2D eigenvalue weighted by Gasteiger charge is -2.55. The number of Topliss-reactive ketones (excluding diaryl/α,β-unsaturated/α-hetero) is 2. The molecule has 1 aromatic heterocycles. The molecule has 1 amide bonds. The highest BCUT2D eigenvalue weighted by Gasteiger charge is 2.69. The highest BCUT2D eigenvalue weighted by molar-refractivity contribution is 6.25. The summed E-state index contributed by atoms with van der Waals surface area (Å²) < 4.78 is 5.35. The molecule has 0 saturated carbocycles. The Hall–Kier alpha value is -5.24. The molecular weight excluding hydrogens is 768 g/mol. The Bertz CT molecular complexity index is 2260. The molecule has 2 bridgehead atoms. The summed E-state index contributed by atoms with van der Waals surface area (Å²) in [6.45, 7) is 7.32. The van der Waals surface area contributed by atoms with Crippen LogP contribution in [0.15, 0.2) is 84.0 Å². The van der Waals surface area contributed by atoms with E-state index in [4.69, 9.17) is 10.5 Å². The van der Waals surface area contributed by atoms with Crippen LogP contribution in [0, 0.1) is 23.7 Å². The second-order valence-corrected chi connectivity index (χ2v) is 16.0. The lowest BCUT2D eigenvalue weighted by atomic mass is 9.54. The van der Waals surface area contributed by atoms with Gasteiger partial charge < -0.3 is 57.2 Å². The Morgan fingerprint density at radius 3 is 2.41 bits per heavy atom. The van der Waals surface area contributed by atoms with E-state index in [2.05, 4.69) is 22.5 Å². The largest absolute Gasteiger partial charge is 0.510 e. The molecule has 3 fully saturated rings. The van der Waals surface area contributed by atoms with Gasteiger partial charge in [-0.2, -0.15) is 0 Å². The Labute approximate surface area is 339 Å². The predicted octanol–water partition coefficient (Wildman–Crippen LogP) is 0.280. The summed E-state index contributed by atoms with van der Waals surface area (Å²) in [5.41, 5.74) is -0.0348. The molecule has 17 nitrogen and oxygen atoms in total. The molecule has 9 rings (SSSR count). The third-order valence-corrected chi connectivity index (χ3v) is 12.9. The number of pyridine rings is 1. The van der Waals surface area contributed by atoms with Crippen LogP contribution in [0.3, 0.4) is 0 Å². The fourth-order valence-electron chi connectivity index (χ4n) is 10.0. The van der Waals surface area contributed by atoms with E-state index < -0.39 is 87.2 Å². The molecule has 17 heteroatoms. The van der Waals surface area contributed by atoms with E-state index in [0.717, 1.165) is 41.7 Å². The molecule has 3 aromatic rings. The van der Waals surface area contributed by atoms with Gasteiger partial charge in [-0.3, -0.25) is 29.2 Å². The van der Waals surface area contributed by atoms with Crippen LogP contribution in [-0.4, -0.2) is 137 Å². The number of nitrogens with zero attached hydrogens (tertiary/aromatic N) is 3. The number of rotatable bonds is 6. The van der Waals surface area contributed by atoms with Crippen LogP contribution < -0.4 is 10.5 Å². The van der Waals surface area contributed by atoms with E-state index in [1.54, 1.807) is 13.3 Å². The molecule has 0 spiro atoms. The molecule has 3 aliphatic heterocycles. The number of amides is 1. The number of hydrogen-bond donors (Lipinski definition) is 8. The van der Waals surface area contributed by atoms with Crippen LogP contribution in [0.1, 0.15) is 47.4 Å². The van der Waals surface area contributed by atoms with Gasteiger partial charge in [-0.25, -0.2) is 0 Å². The normalized spacial score (nSPS) is 32.4. The smallest absolute Gasteiger partial charge is 0.255 e. The van der Waals surface area contributed by atoms with Crippen molar-refractivity contribution in [3.05, 3.63) is 101 Å². The number of likely N-dealkylation sites (N-methyl/N-ethyl adjacent to an activating group) is 1. The van der Waals surface area contributed by atoms with E-state index >= 15 is 0 Å². The van der Waals surface area contributed by atoms with Gasteiger partial charge in [0.2, 0.25) is 5.78 Å². The maximum atomic E-state index is 13.3. The van der Waals surface area contributed by atoms with Crippen molar-refractivity contribution in [2.45, 2.75) is 55.3 Å². The van der Waals surface area contributed by atoms with E-state index in [1.165, 1.54) is 50.5 Å². The number of ether oxygens (including phenoxy) is 1. The van der Waals surface area contributed by atoms with Crippen LogP contribution in [-0.2, 0) is 15.2 Å². The number of benzene rings is 2. The molecule has 59 heavy (non-hydrogen) atoms. The number of fused-ring (bicyclic) bond motifs is 7. The number of methoxy groups -OCH3 is 1. The van der Waals surface area contributed by atoms with Crippen LogP contribution in [0.2, 0.25) is 0 Å². The monoisotopic (exact) mass is 820 g/mol. The summed E-state index contributed by atoms with van der Waals surface area (Å²) in [5, 5.41) is 78.6. The summed E-state index contributed by atoms with van der Waals surface area (Å²) in [6, 6.07) is 10.5. The number of aromatic nitrogens is 1. The van der Waals surface area contributed by atoms with Crippen molar-refractivity contribution in [2.75, 3.05) is 34.3 Å². The van der Waals surface area contributed by atoms with E-state index in [-0.39, 0.29) is 28.1 Å². The van der Waals surface area contributed by atoms with Crippen molar-refractivity contribution in [1.82, 2.24) is 14.8 Å². The predicted molar refractivity (Wildman–Crippen MR) is 213 cm³/mol. The SMILES string of the molecule is C=C[C@H]1C[N@]2CC[C@H]1C[C@H]2[C@H](O)c1ccnc2ccc(OC)cc12.CN(C)[C@@H]1C(O)=C(C(N)=O)C(=O)[C@@]2(O)C(O)=C3C(=O)c4c(O)cccc4[C@@](C)(O)[C@H]3[C@H](O)[C@@H]12.O.O. The maximum absolute atomic E-state index is 13.3. The number of ketones is 2. The first-order valence-corrected chi connectivity index (χ1v) is 18.8. The number of aliphatic hydroxyl groups is 6. The number of hydrogen-bond acceptors (Lipinski definition) is 14. The van der Waals surface area contributed by atoms with Crippen LogP contribution >= 0.6 is 0 Å². The Morgan fingerprint density at radius 1 is 1.12 bits per heavy atom. The third kappa shape index (κ3) is 6.67. The second kappa shape index (κ2) is 16.1. The molecule has 6 aliphatic rings. The topological polar surface area (TPSA) is 310 Å². The number of phenolic OH excluding ortho intramolecular Hbond substituents is 1. The number of primary amides is 1. The summed E-state index contributed by atoms with van der Waals surface area (Å²) >= 11 is 0. The van der Waals surface area contributed by atoms with Gasteiger partial charge in [-0.05, 0) is 93.7 Å². The van der Waals surface area contributed by atoms with Crippen LogP contribution in [0.4, 0.5) is 0 Å². The number of aromatic hydroxyl groups is 1. The van der Waals surface area contributed by atoms with Crippen molar-refractivity contribution in [3.63, 3.8) is 0 Å². The van der Waals surface area contributed by atoms with Gasteiger partial charge in [0.25, 0.3) is 5.91 Å². The average molecular weight is 821 g/mol. The summed E-state index contributed by atoms with van der Waals surface area (Å²) in [5.74, 6) is -7.66. The van der Waals surface area contributed by atoms with Gasteiger partial charge in [0.1, 0.15) is 28.6 Å². The summed E-state index contributed by atoms with van der Waals surface area (Å²) in [4.78, 5) is 46.7. The molecule has 4 heterocycles. The van der Waals surface area contributed by atoms with Gasteiger partial charge in [0.15, 0.2) is 11.4 Å². The highest BCUT2D eigenvalue weighted by atomic mass is 16.5. The van der Waals surface area contributed by atoms with Gasteiger partial charge in [-0.15, -0.1) is 6.58 Å². The van der Waals surface area contributed by atoms with Crippen molar-refractivity contribution in [1.29, 1.82) is 0 Å². The Balaban J connectivity index is 0.000000226. The quantitative estimate of drug-likeness (QED) is 0.122. The van der Waals surface area contributed by atoms with Crippen LogP contribution in [0.5, 0.6) is 11.5 Å². The van der Waals surface area contributed by atoms with Crippen LogP contribution in [0.25, 0.3) is 10.9 Å². The zero-order valence-electron chi connectivity index (χ0n) is 33.0. The van der Waals surface area contributed by atoms with Crippen molar-refractivity contribution < 1.29 is 65.8 Å². The first-order valence-electron chi connectivity index (χ1n) is 18.8. The maximum Gasteiger partial charge on any atom is 0.255 e. The number of carbonyl (C=O) groups is 3. The van der Waals surface area contributed by atoms with Crippen molar-refractivity contribution in [3.8, 4) is 11.5 Å². The lowest BCUT2D eigenvalue weighted by molar-refractivity contribution is -0.173. The van der Waals surface area contributed by atoms with E-state index in [0.29, 0.717) is 11.8 Å². The second-order valence-electron chi connectivity index (χ2n) is 16.0. The molecule has 0 unspecified atom stereocenters. The fraction of sp³-hybridized carbons (Fsp3) is 0.429. The third-order valence-electron chi connectivity index (χ3n) is 12.9. The Kier molecular flexibility index (Phi) is 12.2. The average Bonchev–Trinajstić information content (AvgIpc) is 3.18. The number of piperidine rings is 3. The zero-order valence-corrected chi connectivity index (χ0v) is 33.0. The van der Waals surface area contributed by atoms with Gasteiger partial charge in [0.05, 0.1) is 59.4 Å². The van der Waals surface area contributed by atoms with Gasteiger partial charge in [-0.1, -0.05) is 18.2 Å². The minimum Gasteiger partial charge on any atom is -0.510 e. The molecular formula is C42H52N4O13. The van der Waals surface area contributed by atoms with E-state index in [9.17, 15) is 50.1 Å². The fourth-order valence-corrected chi connectivity index (χ4v) is 10.0. The molecule has 3 saturated heterocycles. The minimum absolute atomic E-state index is 0. The minimum atomic E-state index is -3.02. The Morgan fingerprint density at radius 2 is 1.81 bits per heavy atom. The van der Waals surface area contributed by atoms with E-state index in [1.807, 2.05) is 24.3 Å². The summed E-state index contributed by atoms with van der Waals surface area (Å²) in [6.07, 6.45) is 3.75. The number of phenols is 1. The first kappa shape index (κ1) is 44.9. The van der Waals surface area contributed by atoms with Gasteiger partial charge in [0, 0.05) is 24.2 Å². The lowest BCUT2D eigenvalue weighted by Crippen LogP contribution is -2.70. The zero-order chi connectivity index (χ0) is 41.5. The number of nitrogens with two attached hydrogens (primary N) is 1. The molecule has 318 valence electrons. The molecule has 2 aromatic carbocycles. The molecule has 3 aliphatic carbocycles. The van der Waals surface area contributed by atoms with Crippen molar-refractivity contribution in [2.24, 2.45) is 29.4 Å².